The van der Waals surface area contributed by atoms with Crippen LogP contribution in [0.3, 0.4) is 0 Å². The Hall–Kier alpha value is 1.20. The third-order valence-electron chi connectivity index (χ3n) is 0.730. The fourth-order valence-corrected chi connectivity index (χ4v) is 0. The van der Waals surface area contributed by atoms with Crippen LogP contribution in [0.2, 0.25) is 0 Å². The summed E-state index contributed by atoms with van der Waals surface area (Å²) >= 11 is 0.750. The van der Waals surface area contributed by atoms with Crippen molar-refractivity contribution in [3.63, 3.8) is 0 Å². The van der Waals surface area contributed by atoms with E-state index in [4.69, 9.17) is 13.5 Å². The zero-order chi connectivity index (χ0) is 10.6. The van der Waals surface area contributed by atoms with E-state index in [1.54, 1.807) is 0 Å². The van der Waals surface area contributed by atoms with Crippen molar-refractivity contribution in [2.24, 2.45) is 11.8 Å². The molecule has 0 aliphatic heterocycles. The molecule has 0 fully saturated rings. The standard InChI is InChI=1S/2C4H10O.Mg.O.Ti.2H/c2*1-4(2)3-5;;;;;/h2*4-5H,3H2,1-2H3;;;;;/q;;+2;;;2*-1. The molecule has 0 aromatic rings. The zero-order valence-electron chi connectivity index (χ0n) is 11.1. The molecule has 0 spiro atoms. The molecule has 0 amide bonds. The molecule has 5 heteroatoms. The van der Waals surface area contributed by atoms with E-state index in [0.29, 0.717) is 25.0 Å². The maximum atomic E-state index is 8.25. The van der Waals surface area contributed by atoms with Gasteiger partial charge >= 0.3 is 46.8 Å². The Morgan fingerprint density at radius 1 is 1.00 bits per heavy atom. The average molecular weight is 238 g/mol. The van der Waals surface area contributed by atoms with Gasteiger partial charge in [0.15, 0.2) is 0 Å². The molecule has 0 aliphatic carbocycles. The SMILES string of the molecule is CC(C)CO.CC(C)CO.[H-].[H-].[Mg+2].[O]=[Ti]. The summed E-state index contributed by atoms with van der Waals surface area (Å²) < 4.78 is 8.25. The van der Waals surface area contributed by atoms with Gasteiger partial charge in [-0.15, -0.1) is 0 Å². The first-order valence-electron chi connectivity index (χ1n) is 3.96. The molecule has 0 unspecified atom stereocenters. The molecule has 0 radical (unpaired) electrons. The molecule has 2 N–H and O–H groups in total. The Bertz CT molecular complexity index is 72.9. The molecule has 0 aromatic heterocycles. The summed E-state index contributed by atoms with van der Waals surface area (Å²) in [5.41, 5.74) is 0. The normalized spacial score (nSPS) is 7.62. The van der Waals surface area contributed by atoms with E-state index < -0.39 is 0 Å². The molecule has 0 rings (SSSR count). The van der Waals surface area contributed by atoms with Gasteiger partial charge in [0.25, 0.3) is 0 Å². The van der Waals surface area contributed by atoms with Gasteiger partial charge in [0.05, 0.1) is 0 Å². The summed E-state index contributed by atoms with van der Waals surface area (Å²) in [6, 6.07) is 0. The predicted octanol–water partition coefficient (Wildman–Crippen LogP) is 0.992. The van der Waals surface area contributed by atoms with Crippen molar-refractivity contribution in [2.45, 2.75) is 27.7 Å². The Morgan fingerprint density at radius 2 is 1.08 bits per heavy atom. The molecule has 13 heavy (non-hydrogen) atoms. The third kappa shape index (κ3) is 61.2. The Morgan fingerprint density at radius 3 is 1.08 bits per heavy atom. The van der Waals surface area contributed by atoms with Gasteiger partial charge in [-0.05, 0) is 11.8 Å². The van der Waals surface area contributed by atoms with E-state index >= 15 is 0 Å². The van der Waals surface area contributed by atoms with Gasteiger partial charge in [0.1, 0.15) is 0 Å². The zero-order valence-corrected chi connectivity index (χ0v) is 12.1. The van der Waals surface area contributed by atoms with Crippen molar-refractivity contribution >= 4 is 23.1 Å². The number of aliphatic hydroxyl groups excluding tert-OH is 2. The summed E-state index contributed by atoms with van der Waals surface area (Å²) in [6.07, 6.45) is 0. The molecule has 0 heterocycles. The fourth-order valence-electron chi connectivity index (χ4n) is 0. The number of hydrogen-bond donors (Lipinski definition) is 2. The second kappa shape index (κ2) is 23.2. The summed E-state index contributed by atoms with van der Waals surface area (Å²) in [5, 5.41) is 16.3. The molecule has 0 bridgehead atoms. The number of hydrogen-bond acceptors (Lipinski definition) is 3. The van der Waals surface area contributed by atoms with Crippen molar-refractivity contribution in [3.8, 4) is 0 Å². The minimum absolute atomic E-state index is 0. The Balaban J connectivity index is -0.0000000197. The predicted molar refractivity (Wildman–Crippen MR) is 52.5 cm³/mol. The van der Waals surface area contributed by atoms with Crippen molar-refractivity contribution in [1.82, 2.24) is 0 Å². The Labute approximate surface area is 112 Å². The number of rotatable bonds is 2. The topological polar surface area (TPSA) is 57.5 Å². The van der Waals surface area contributed by atoms with Gasteiger partial charge in [-0.25, -0.2) is 0 Å². The molecule has 0 atom stereocenters. The van der Waals surface area contributed by atoms with Gasteiger partial charge in [-0.3, -0.25) is 0 Å². The molecular weight excluding hydrogens is 216 g/mol. The molecule has 0 aliphatic rings. The van der Waals surface area contributed by atoms with E-state index in [0.717, 1.165) is 20.4 Å². The maximum absolute atomic E-state index is 8.25. The first-order chi connectivity index (χ1) is 5.54. The van der Waals surface area contributed by atoms with Crippen LogP contribution in [0, 0.1) is 11.8 Å². The first-order valence-corrected chi connectivity index (χ1v) is 4.60. The second-order valence-corrected chi connectivity index (χ2v) is 3.15. The fraction of sp³-hybridized carbons (Fsp3) is 1.00. The van der Waals surface area contributed by atoms with Crippen LogP contribution in [-0.4, -0.2) is 46.5 Å². The third-order valence-corrected chi connectivity index (χ3v) is 0.730. The quantitative estimate of drug-likeness (QED) is 0.706. The summed E-state index contributed by atoms with van der Waals surface area (Å²) in [4.78, 5) is 0. The molecule has 3 nitrogen and oxygen atoms in total. The summed E-state index contributed by atoms with van der Waals surface area (Å²) in [6.45, 7) is 8.50. The van der Waals surface area contributed by atoms with Crippen LogP contribution in [0.25, 0.3) is 0 Å². The van der Waals surface area contributed by atoms with Crippen LogP contribution in [-0.2, 0) is 23.7 Å². The van der Waals surface area contributed by atoms with Crippen molar-refractivity contribution in [1.29, 1.82) is 0 Å². The Kier molecular flexibility index (Phi) is 42.5. The molecule has 0 aromatic carbocycles. The van der Waals surface area contributed by atoms with Gasteiger partial charge in [0, 0.05) is 13.2 Å². The van der Waals surface area contributed by atoms with E-state index in [1.807, 2.05) is 27.7 Å². The first kappa shape index (κ1) is 23.8. The summed E-state index contributed by atoms with van der Waals surface area (Å²) in [7, 11) is 0. The van der Waals surface area contributed by atoms with E-state index in [1.165, 1.54) is 0 Å². The van der Waals surface area contributed by atoms with Gasteiger partial charge in [-0.2, -0.15) is 0 Å². The molecule has 78 valence electrons. The van der Waals surface area contributed by atoms with Crippen LogP contribution in [0.4, 0.5) is 0 Å². The van der Waals surface area contributed by atoms with Crippen LogP contribution in [0.5, 0.6) is 0 Å². The van der Waals surface area contributed by atoms with Crippen LogP contribution in [0.15, 0.2) is 0 Å². The molecule has 0 saturated heterocycles. The van der Waals surface area contributed by atoms with E-state index in [2.05, 4.69) is 0 Å². The van der Waals surface area contributed by atoms with Crippen molar-refractivity contribution < 1.29 is 36.8 Å². The molecule has 0 saturated carbocycles. The van der Waals surface area contributed by atoms with Crippen LogP contribution >= 0.6 is 0 Å². The minimum atomic E-state index is 0. The van der Waals surface area contributed by atoms with Gasteiger partial charge < -0.3 is 13.1 Å². The monoisotopic (exact) mass is 238 g/mol. The van der Waals surface area contributed by atoms with Gasteiger partial charge in [0.2, 0.25) is 0 Å². The van der Waals surface area contributed by atoms with E-state index in [9.17, 15) is 0 Å². The number of aliphatic hydroxyl groups is 2. The van der Waals surface area contributed by atoms with Crippen molar-refractivity contribution in [3.05, 3.63) is 0 Å². The summed E-state index contributed by atoms with van der Waals surface area (Å²) in [5.74, 6) is 0.880. The van der Waals surface area contributed by atoms with E-state index in [-0.39, 0.29) is 25.9 Å². The second-order valence-electron chi connectivity index (χ2n) is 3.15. The molecular formula is C8H22MgO3Ti. The van der Waals surface area contributed by atoms with Crippen LogP contribution < -0.4 is 0 Å². The van der Waals surface area contributed by atoms with Gasteiger partial charge in [-0.1, -0.05) is 27.7 Å². The average Bonchev–Trinajstić information content (AvgIpc) is 2.09. The van der Waals surface area contributed by atoms with Crippen LogP contribution in [0.1, 0.15) is 30.5 Å². The van der Waals surface area contributed by atoms with Crippen molar-refractivity contribution in [2.75, 3.05) is 13.2 Å².